The van der Waals surface area contributed by atoms with E-state index < -0.39 is 0 Å². The van der Waals surface area contributed by atoms with Crippen molar-refractivity contribution >= 4 is 11.7 Å². The molecule has 37 heavy (non-hydrogen) atoms. The molecule has 1 N–H and O–H groups in total. The van der Waals surface area contributed by atoms with Crippen molar-refractivity contribution in [3.05, 3.63) is 131 Å². The Morgan fingerprint density at radius 1 is 0.919 bits per heavy atom. The number of amides is 2. The van der Waals surface area contributed by atoms with Crippen LogP contribution in [-0.4, -0.2) is 25.3 Å². The number of carbonyl (C=O) groups excluding carboxylic acids is 1. The Labute approximate surface area is 216 Å². The lowest BCUT2D eigenvalue weighted by Crippen LogP contribution is -2.38. The minimum Gasteiger partial charge on any atom is -0.308 e. The molecule has 1 atom stereocenters. The average molecular weight is 488 g/mol. The second-order valence-electron chi connectivity index (χ2n) is 9.39. The van der Waals surface area contributed by atoms with E-state index >= 15 is 0 Å². The van der Waals surface area contributed by atoms with E-state index in [4.69, 9.17) is 5.10 Å². The van der Waals surface area contributed by atoms with Gasteiger partial charge in [0.1, 0.15) is 5.82 Å². The summed E-state index contributed by atoms with van der Waals surface area (Å²) in [6.45, 7) is 4.59. The first-order chi connectivity index (χ1) is 18.1. The molecule has 6 heteroatoms. The van der Waals surface area contributed by atoms with Gasteiger partial charge in [0.2, 0.25) is 0 Å². The zero-order valence-electron chi connectivity index (χ0n) is 21.0. The molecule has 1 aliphatic heterocycles. The summed E-state index contributed by atoms with van der Waals surface area (Å²) in [7, 11) is 0. The molecule has 3 heterocycles. The highest BCUT2D eigenvalue weighted by Gasteiger charge is 2.36. The fraction of sp³-hybridized carbons (Fsp3) is 0.161. The molecule has 0 saturated heterocycles. The molecule has 1 unspecified atom stereocenters. The third-order valence-corrected chi connectivity index (χ3v) is 6.98. The molecule has 2 aromatic heterocycles. The van der Waals surface area contributed by atoms with E-state index in [1.165, 1.54) is 0 Å². The van der Waals surface area contributed by atoms with Crippen LogP contribution in [0.5, 0.6) is 0 Å². The summed E-state index contributed by atoms with van der Waals surface area (Å²) in [5.41, 5.74) is 7.04. The number of carbonyl (C=O) groups is 1. The highest BCUT2D eigenvalue weighted by molar-refractivity contribution is 5.90. The van der Waals surface area contributed by atoms with Crippen LogP contribution in [0.4, 0.5) is 10.5 Å². The number of rotatable bonds is 4. The van der Waals surface area contributed by atoms with Gasteiger partial charge < -0.3 is 14.8 Å². The summed E-state index contributed by atoms with van der Waals surface area (Å²) in [5.74, 6) is 0.981. The number of hydrogen-bond donors (Lipinski definition) is 1. The lowest BCUT2D eigenvalue weighted by molar-refractivity contribution is 0.194. The molecule has 6 nitrogen and oxygen atoms in total. The van der Waals surface area contributed by atoms with Gasteiger partial charge in [-0.2, -0.15) is 5.10 Å². The van der Waals surface area contributed by atoms with Crippen LogP contribution in [0.3, 0.4) is 0 Å². The van der Waals surface area contributed by atoms with Crippen molar-refractivity contribution in [2.24, 2.45) is 0 Å². The Kier molecular flexibility index (Phi) is 5.85. The van der Waals surface area contributed by atoms with Crippen molar-refractivity contribution in [2.45, 2.75) is 32.9 Å². The summed E-state index contributed by atoms with van der Waals surface area (Å²) >= 11 is 0. The maximum Gasteiger partial charge on any atom is 0.322 e. The van der Waals surface area contributed by atoms with Crippen LogP contribution in [0.2, 0.25) is 0 Å². The summed E-state index contributed by atoms with van der Waals surface area (Å²) in [6.07, 6.45) is 2.84. The first-order valence-electron chi connectivity index (χ1n) is 12.7. The number of hydrogen-bond acceptors (Lipinski definition) is 2. The number of nitrogens with zero attached hydrogens (tertiary/aromatic N) is 4. The van der Waals surface area contributed by atoms with E-state index in [0.717, 1.165) is 51.7 Å². The SMILES string of the molecule is CCc1nn(-c2ccccc2)c2c1CN(C(=O)Nc1ccc(C)cc1)C(c1ccccc1)c1cccn1-2. The molecular formula is C31H29N5O. The van der Waals surface area contributed by atoms with Crippen molar-refractivity contribution in [3.63, 3.8) is 0 Å². The smallest absolute Gasteiger partial charge is 0.308 e. The number of anilines is 1. The van der Waals surface area contributed by atoms with E-state index in [1.807, 2.05) is 83.2 Å². The monoisotopic (exact) mass is 487 g/mol. The second-order valence-corrected chi connectivity index (χ2v) is 9.39. The third-order valence-electron chi connectivity index (χ3n) is 6.98. The Bertz CT molecular complexity index is 1530. The van der Waals surface area contributed by atoms with Gasteiger partial charge >= 0.3 is 6.03 Å². The van der Waals surface area contributed by atoms with Crippen molar-refractivity contribution in [1.82, 2.24) is 19.2 Å². The van der Waals surface area contributed by atoms with Gasteiger partial charge in [0, 0.05) is 17.4 Å². The van der Waals surface area contributed by atoms with Crippen LogP contribution in [0.1, 0.15) is 41.0 Å². The molecule has 0 aliphatic carbocycles. The molecule has 2 amide bonds. The van der Waals surface area contributed by atoms with Gasteiger partial charge in [-0.25, -0.2) is 9.48 Å². The quantitative estimate of drug-likeness (QED) is 0.308. The Morgan fingerprint density at radius 3 is 2.32 bits per heavy atom. The van der Waals surface area contributed by atoms with E-state index in [-0.39, 0.29) is 12.1 Å². The number of fused-ring (bicyclic) bond motifs is 3. The number of aromatic nitrogens is 3. The number of nitrogens with one attached hydrogen (secondary N) is 1. The third kappa shape index (κ3) is 4.10. The number of benzene rings is 3. The maximum atomic E-state index is 14.0. The predicted molar refractivity (Wildman–Crippen MR) is 146 cm³/mol. The average Bonchev–Trinajstić information content (AvgIpc) is 3.52. The summed E-state index contributed by atoms with van der Waals surface area (Å²) in [6, 6.07) is 32.1. The molecular weight excluding hydrogens is 458 g/mol. The largest absolute Gasteiger partial charge is 0.322 e. The van der Waals surface area contributed by atoms with E-state index in [9.17, 15) is 4.79 Å². The summed E-state index contributed by atoms with van der Waals surface area (Å²) in [4.78, 5) is 15.9. The van der Waals surface area contributed by atoms with E-state index in [1.54, 1.807) is 0 Å². The highest BCUT2D eigenvalue weighted by atomic mass is 16.2. The topological polar surface area (TPSA) is 55.1 Å². The fourth-order valence-corrected chi connectivity index (χ4v) is 5.17. The molecule has 1 aliphatic rings. The highest BCUT2D eigenvalue weighted by Crippen LogP contribution is 2.38. The molecule has 0 spiro atoms. The van der Waals surface area contributed by atoms with E-state index in [0.29, 0.717) is 6.54 Å². The maximum absolute atomic E-state index is 14.0. The zero-order chi connectivity index (χ0) is 25.4. The predicted octanol–water partition coefficient (Wildman–Crippen LogP) is 6.67. The summed E-state index contributed by atoms with van der Waals surface area (Å²) < 4.78 is 4.21. The van der Waals surface area contributed by atoms with Crippen molar-refractivity contribution in [1.29, 1.82) is 0 Å². The molecule has 184 valence electrons. The first kappa shape index (κ1) is 22.9. The minimum atomic E-state index is -0.275. The molecule has 0 fully saturated rings. The standard InChI is InChI=1S/C31H29N5O/c1-3-27-26-21-35(31(37)32-24-18-16-22(2)17-19-24)29(23-11-6-4-7-12-23)28-15-10-20-34(28)30(26)36(33-27)25-13-8-5-9-14-25/h4-20,29H,3,21H2,1-2H3,(H,32,37). The van der Waals surface area contributed by atoms with Gasteiger partial charge in [-0.3, -0.25) is 0 Å². The molecule has 3 aromatic carbocycles. The Balaban J connectivity index is 1.54. The normalized spacial score (nSPS) is 14.5. The summed E-state index contributed by atoms with van der Waals surface area (Å²) in [5, 5.41) is 8.17. The van der Waals surface area contributed by atoms with Crippen molar-refractivity contribution in [2.75, 3.05) is 5.32 Å². The van der Waals surface area contributed by atoms with Crippen molar-refractivity contribution in [3.8, 4) is 11.5 Å². The molecule has 5 aromatic rings. The number of para-hydroxylation sites is 1. The minimum absolute atomic E-state index is 0.146. The van der Waals surface area contributed by atoms with Gasteiger partial charge in [-0.1, -0.05) is 73.2 Å². The molecule has 0 bridgehead atoms. The Hall–Kier alpha value is -4.58. The van der Waals surface area contributed by atoms with Crippen LogP contribution in [0.15, 0.2) is 103 Å². The number of urea groups is 1. The molecule has 6 rings (SSSR count). The lowest BCUT2D eigenvalue weighted by Gasteiger charge is -2.31. The van der Waals surface area contributed by atoms with Crippen LogP contribution < -0.4 is 5.32 Å². The second kappa shape index (κ2) is 9.47. The van der Waals surface area contributed by atoms with E-state index in [2.05, 4.69) is 53.3 Å². The molecule has 0 saturated carbocycles. The van der Waals surface area contributed by atoms with Crippen LogP contribution in [-0.2, 0) is 13.0 Å². The Morgan fingerprint density at radius 2 is 1.62 bits per heavy atom. The van der Waals surface area contributed by atoms with Gasteiger partial charge in [-0.15, -0.1) is 0 Å². The zero-order valence-corrected chi connectivity index (χ0v) is 21.0. The van der Waals surface area contributed by atoms with Gasteiger partial charge in [-0.05, 0) is 55.3 Å². The first-order valence-corrected chi connectivity index (χ1v) is 12.7. The van der Waals surface area contributed by atoms with Gasteiger partial charge in [0.05, 0.1) is 29.7 Å². The fourth-order valence-electron chi connectivity index (χ4n) is 5.17. The van der Waals surface area contributed by atoms with Crippen LogP contribution >= 0.6 is 0 Å². The van der Waals surface area contributed by atoms with Crippen LogP contribution in [0.25, 0.3) is 11.5 Å². The number of aryl methyl sites for hydroxylation is 2. The van der Waals surface area contributed by atoms with Gasteiger partial charge in [0.15, 0.2) is 0 Å². The molecule has 0 radical (unpaired) electrons. The van der Waals surface area contributed by atoms with Crippen molar-refractivity contribution < 1.29 is 4.79 Å². The van der Waals surface area contributed by atoms with Gasteiger partial charge in [0.25, 0.3) is 0 Å². The lowest BCUT2D eigenvalue weighted by atomic mass is 10.0. The van der Waals surface area contributed by atoms with Crippen LogP contribution in [0, 0.1) is 6.92 Å².